The number of rotatable bonds is 7. The Balaban J connectivity index is 1.74. The number of aryl methyl sites for hydroxylation is 3. The molecule has 9 nitrogen and oxygen atoms in total. The number of anilines is 1. The van der Waals surface area contributed by atoms with Crippen LogP contribution >= 0.6 is 11.3 Å². The number of amides is 1. The number of carbonyl (C=O) groups is 2. The Hall–Kier alpha value is -2.76. The van der Waals surface area contributed by atoms with E-state index in [0.717, 1.165) is 15.8 Å². The maximum absolute atomic E-state index is 12.8. The molecule has 0 saturated heterocycles. The number of esters is 1. The molecular formula is C19H22N4O5S2. The van der Waals surface area contributed by atoms with E-state index in [0.29, 0.717) is 10.8 Å². The summed E-state index contributed by atoms with van der Waals surface area (Å²) in [6.07, 6.45) is 0. The number of ether oxygens (including phenoxy) is 1. The highest BCUT2D eigenvalue weighted by molar-refractivity contribution is 7.89. The minimum Gasteiger partial charge on any atom is -0.462 e. The second-order valence-corrected chi connectivity index (χ2v) is 9.40. The third kappa shape index (κ3) is 4.53. The number of nitrogens with one attached hydrogen (secondary N) is 3. The third-order valence-electron chi connectivity index (χ3n) is 4.28. The molecule has 0 atom stereocenters. The van der Waals surface area contributed by atoms with E-state index in [4.69, 9.17) is 4.74 Å². The lowest BCUT2D eigenvalue weighted by atomic mass is 10.2. The highest BCUT2D eigenvalue weighted by atomic mass is 32.2. The zero-order valence-corrected chi connectivity index (χ0v) is 18.6. The predicted octanol–water partition coefficient (Wildman–Crippen LogP) is 2.64. The van der Waals surface area contributed by atoms with Crippen LogP contribution in [0.4, 0.5) is 5.13 Å². The van der Waals surface area contributed by atoms with Gasteiger partial charge in [-0.25, -0.2) is 22.9 Å². The minimum absolute atomic E-state index is 0.0659. The first-order chi connectivity index (χ1) is 14.1. The average Bonchev–Trinajstić information content (AvgIpc) is 3.19. The van der Waals surface area contributed by atoms with E-state index < -0.39 is 28.4 Å². The molecule has 1 amide bonds. The highest BCUT2D eigenvalue weighted by Crippen LogP contribution is 2.27. The van der Waals surface area contributed by atoms with E-state index in [9.17, 15) is 18.0 Å². The molecule has 0 aliphatic carbocycles. The van der Waals surface area contributed by atoms with Crippen molar-refractivity contribution in [2.24, 2.45) is 0 Å². The smallest absolute Gasteiger partial charge is 0.341 e. The van der Waals surface area contributed by atoms with Gasteiger partial charge in [0.15, 0.2) is 5.13 Å². The number of fused-ring (bicyclic) bond motifs is 1. The lowest BCUT2D eigenvalue weighted by molar-refractivity contribution is -0.115. The number of thiazole rings is 1. The van der Waals surface area contributed by atoms with Gasteiger partial charge in [-0.1, -0.05) is 17.4 Å². The molecule has 0 aliphatic heterocycles. The topological polar surface area (TPSA) is 130 Å². The van der Waals surface area contributed by atoms with Crippen molar-refractivity contribution in [2.45, 2.75) is 32.6 Å². The summed E-state index contributed by atoms with van der Waals surface area (Å²) in [6, 6.07) is 5.73. The zero-order chi connectivity index (χ0) is 22.1. The van der Waals surface area contributed by atoms with Crippen LogP contribution in [0, 0.1) is 20.8 Å². The monoisotopic (exact) mass is 450 g/mol. The average molecular weight is 451 g/mol. The number of H-pyrrole nitrogens is 1. The third-order valence-corrected chi connectivity index (χ3v) is 6.78. The van der Waals surface area contributed by atoms with Gasteiger partial charge in [0.25, 0.3) is 0 Å². The van der Waals surface area contributed by atoms with E-state index in [-0.39, 0.29) is 22.8 Å². The molecule has 3 rings (SSSR count). The summed E-state index contributed by atoms with van der Waals surface area (Å²) in [4.78, 5) is 31.4. The van der Waals surface area contributed by atoms with Crippen LogP contribution in [0.25, 0.3) is 10.2 Å². The molecule has 2 heterocycles. The minimum atomic E-state index is -4.14. The fraction of sp³-hybridized carbons (Fsp3) is 0.316. The van der Waals surface area contributed by atoms with E-state index in [1.165, 1.54) is 18.3 Å². The van der Waals surface area contributed by atoms with Gasteiger partial charge in [0.05, 0.1) is 23.4 Å². The van der Waals surface area contributed by atoms with Crippen LogP contribution in [-0.4, -0.2) is 43.4 Å². The van der Waals surface area contributed by atoms with Crippen LogP contribution in [0.5, 0.6) is 0 Å². The SMILES string of the molecule is CCOC(=O)c1c(C)[nH]c(C)c1S(=O)(=O)NCC(=O)Nc1nc2ccc(C)cc2s1. The number of aromatic nitrogens is 2. The molecule has 3 N–H and O–H groups in total. The normalized spacial score (nSPS) is 11.6. The number of benzene rings is 1. The number of nitrogens with zero attached hydrogens (tertiary/aromatic N) is 1. The van der Waals surface area contributed by atoms with Crippen LogP contribution < -0.4 is 10.0 Å². The first-order valence-electron chi connectivity index (χ1n) is 9.15. The first-order valence-corrected chi connectivity index (χ1v) is 11.4. The molecule has 2 aromatic heterocycles. The van der Waals surface area contributed by atoms with Crippen LogP contribution in [0.1, 0.15) is 34.2 Å². The Morgan fingerprint density at radius 1 is 1.20 bits per heavy atom. The summed E-state index contributed by atoms with van der Waals surface area (Å²) >= 11 is 1.30. The van der Waals surface area contributed by atoms with Crippen molar-refractivity contribution in [2.75, 3.05) is 18.5 Å². The van der Waals surface area contributed by atoms with Crippen molar-refractivity contribution in [3.8, 4) is 0 Å². The number of hydrogen-bond donors (Lipinski definition) is 3. The summed E-state index contributed by atoms with van der Waals surface area (Å²) in [6.45, 7) is 6.31. The second-order valence-electron chi connectivity index (χ2n) is 6.66. The molecule has 0 bridgehead atoms. The predicted molar refractivity (Wildman–Crippen MR) is 114 cm³/mol. The van der Waals surface area contributed by atoms with E-state index in [2.05, 4.69) is 20.0 Å². The highest BCUT2D eigenvalue weighted by Gasteiger charge is 2.30. The van der Waals surface area contributed by atoms with Crippen LogP contribution in [0.2, 0.25) is 0 Å². The Labute approximate surface area is 177 Å². The molecule has 30 heavy (non-hydrogen) atoms. The van der Waals surface area contributed by atoms with Gasteiger partial charge in [-0.05, 0) is 45.4 Å². The van der Waals surface area contributed by atoms with Gasteiger partial charge >= 0.3 is 5.97 Å². The summed E-state index contributed by atoms with van der Waals surface area (Å²) < 4.78 is 33.7. The van der Waals surface area contributed by atoms with Gasteiger partial charge in [0, 0.05) is 11.4 Å². The van der Waals surface area contributed by atoms with Gasteiger partial charge in [-0.3, -0.25) is 4.79 Å². The van der Waals surface area contributed by atoms with Crippen molar-refractivity contribution in [3.05, 3.63) is 40.7 Å². The number of hydrogen-bond acceptors (Lipinski definition) is 7. The summed E-state index contributed by atoms with van der Waals surface area (Å²) in [7, 11) is -4.14. The van der Waals surface area contributed by atoms with Crippen LogP contribution in [0.15, 0.2) is 23.1 Å². The Kier molecular flexibility index (Phi) is 6.25. The standard InChI is InChI=1S/C19H22N4O5S2/c1-5-28-18(25)16-11(3)21-12(4)17(16)30(26,27)20-9-15(24)23-19-22-13-7-6-10(2)8-14(13)29-19/h6-8,20-21H,5,9H2,1-4H3,(H,22,23,24). The largest absolute Gasteiger partial charge is 0.462 e. The number of aromatic amines is 1. The van der Waals surface area contributed by atoms with Gasteiger partial charge in [0.2, 0.25) is 15.9 Å². The second kappa shape index (κ2) is 8.54. The van der Waals surface area contributed by atoms with E-state index >= 15 is 0 Å². The molecule has 0 radical (unpaired) electrons. The van der Waals surface area contributed by atoms with Gasteiger partial charge < -0.3 is 15.0 Å². The van der Waals surface area contributed by atoms with Gasteiger partial charge in [-0.15, -0.1) is 0 Å². The van der Waals surface area contributed by atoms with Crippen molar-refractivity contribution in [1.82, 2.24) is 14.7 Å². The molecule has 0 fully saturated rings. The Morgan fingerprint density at radius 3 is 2.63 bits per heavy atom. The van der Waals surface area contributed by atoms with Gasteiger partial charge in [-0.2, -0.15) is 0 Å². The first kappa shape index (κ1) is 21.9. The molecule has 0 aliphatic rings. The molecule has 1 aromatic carbocycles. The summed E-state index contributed by atoms with van der Waals surface area (Å²) in [5, 5.41) is 2.97. The molecule has 160 valence electrons. The van der Waals surface area contributed by atoms with E-state index in [1.54, 1.807) is 13.8 Å². The molecule has 3 aromatic rings. The van der Waals surface area contributed by atoms with Crippen molar-refractivity contribution in [3.63, 3.8) is 0 Å². The fourth-order valence-electron chi connectivity index (χ4n) is 3.02. The Morgan fingerprint density at radius 2 is 1.93 bits per heavy atom. The van der Waals surface area contributed by atoms with Crippen molar-refractivity contribution in [1.29, 1.82) is 0 Å². The molecule has 0 saturated carbocycles. The Bertz CT molecular complexity index is 1230. The summed E-state index contributed by atoms with van der Waals surface area (Å²) in [5.41, 5.74) is 2.42. The molecule has 0 spiro atoms. The summed E-state index contributed by atoms with van der Waals surface area (Å²) in [5.74, 6) is -1.31. The molecular weight excluding hydrogens is 428 g/mol. The van der Waals surface area contributed by atoms with Crippen molar-refractivity contribution >= 4 is 48.6 Å². The molecule has 11 heteroatoms. The maximum Gasteiger partial charge on any atom is 0.341 e. The number of sulfonamides is 1. The lowest BCUT2D eigenvalue weighted by Gasteiger charge is -2.09. The molecule has 0 unspecified atom stereocenters. The van der Waals surface area contributed by atoms with Gasteiger partial charge in [0.1, 0.15) is 10.5 Å². The lowest BCUT2D eigenvalue weighted by Crippen LogP contribution is -2.33. The quantitative estimate of drug-likeness (QED) is 0.475. The maximum atomic E-state index is 12.8. The fourth-order valence-corrected chi connectivity index (χ4v) is 5.43. The van der Waals surface area contributed by atoms with E-state index in [1.807, 2.05) is 25.1 Å². The van der Waals surface area contributed by atoms with Crippen LogP contribution in [-0.2, 0) is 19.6 Å². The zero-order valence-electron chi connectivity index (χ0n) is 17.0. The number of carbonyl (C=O) groups excluding carboxylic acids is 2. The van der Waals surface area contributed by atoms with Crippen molar-refractivity contribution < 1.29 is 22.7 Å². The van der Waals surface area contributed by atoms with Crippen LogP contribution in [0.3, 0.4) is 0 Å².